The van der Waals surface area contributed by atoms with Crippen LogP contribution in [0.15, 0.2) is 54.6 Å². The number of likely N-dealkylation sites (tertiary alicyclic amines) is 1. The number of amides is 2. The molecular weight excluding hydrogens is 374 g/mol. The molecule has 1 heterocycles. The second kappa shape index (κ2) is 9.71. The Bertz CT molecular complexity index is 785. The number of carbonyl (C=O) groups excluding carboxylic acids is 2. The number of rotatable bonds is 6. The molecule has 0 aliphatic carbocycles. The monoisotopic (exact) mass is 401 g/mol. The largest absolute Gasteiger partial charge is 0.343 e. The molecule has 0 radical (unpaired) electrons. The zero-order chi connectivity index (χ0) is 19.3. The number of anilines is 1. The van der Waals surface area contributed by atoms with E-state index in [-0.39, 0.29) is 24.2 Å². The van der Waals surface area contributed by atoms with Gasteiger partial charge < -0.3 is 16.0 Å². The lowest BCUT2D eigenvalue weighted by Crippen LogP contribution is -2.45. The van der Waals surface area contributed by atoms with Crippen molar-refractivity contribution in [2.45, 2.75) is 38.1 Å². The van der Waals surface area contributed by atoms with E-state index in [0.717, 1.165) is 37.1 Å². The van der Waals surface area contributed by atoms with Crippen LogP contribution >= 0.6 is 12.4 Å². The molecule has 150 valence electrons. The van der Waals surface area contributed by atoms with Gasteiger partial charge in [-0.2, -0.15) is 0 Å². The van der Waals surface area contributed by atoms with Gasteiger partial charge in [0, 0.05) is 25.2 Å². The third kappa shape index (κ3) is 5.33. The van der Waals surface area contributed by atoms with Crippen molar-refractivity contribution in [3.05, 3.63) is 65.7 Å². The SMILES string of the molecule is CC(N)(C(=O)Nc1ccc(CCC(=O)N2CCCC2)cc1)c1ccccc1.Cl. The maximum atomic E-state index is 12.6. The number of nitrogens with two attached hydrogens (primary N) is 1. The Labute approximate surface area is 172 Å². The number of halogens is 1. The van der Waals surface area contributed by atoms with Crippen molar-refractivity contribution in [2.24, 2.45) is 5.73 Å². The Balaban J connectivity index is 0.00000280. The van der Waals surface area contributed by atoms with E-state index < -0.39 is 5.54 Å². The van der Waals surface area contributed by atoms with Gasteiger partial charge in [-0.1, -0.05) is 42.5 Å². The highest BCUT2D eigenvalue weighted by molar-refractivity contribution is 5.98. The minimum Gasteiger partial charge on any atom is -0.343 e. The number of nitrogens with zero attached hydrogens (tertiary/aromatic N) is 1. The molecule has 0 saturated carbocycles. The molecule has 1 aliphatic rings. The quantitative estimate of drug-likeness (QED) is 0.778. The fourth-order valence-corrected chi connectivity index (χ4v) is 3.31. The van der Waals surface area contributed by atoms with Crippen molar-refractivity contribution in [2.75, 3.05) is 18.4 Å². The standard InChI is InChI=1S/C22H27N3O2.ClH/c1-22(23,18-7-3-2-4-8-18)21(27)24-19-12-9-17(10-13-19)11-14-20(26)25-15-5-6-16-25;/h2-4,7-10,12-13H,5-6,11,14-16,23H2,1H3,(H,24,27);1H. The molecule has 2 amide bonds. The summed E-state index contributed by atoms with van der Waals surface area (Å²) in [5.74, 6) is -0.0303. The lowest BCUT2D eigenvalue weighted by atomic mass is 9.92. The van der Waals surface area contributed by atoms with Crippen molar-refractivity contribution in [1.82, 2.24) is 4.90 Å². The summed E-state index contributed by atoms with van der Waals surface area (Å²) in [6.07, 6.45) is 3.47. The Morgan fingerprint density at radius 1 is 1.04 bits per heavy atom. The predicted octanol–water partition coefficient (Wildman–Crippen LogP) is 3.48. The predicted molar refractivity (Wildman–Crippen MR) is 114 cm³/mol. The Morgan fingerprint density at radius 3 is 2.25 bits per heavy atom. The maximum Gasteiger partial charge on any atom is 0.248 e. The van der Waals surface area contributed by atoms with Crippen molar-refractivity contribution in [3.8, 4) is 0 Å². The van der Waals surface area contributed by atoms with Gasteiger partial charge in [0.2, 0.25) is 11.8 Å². The molecule has 1 saturated heterocycles. The molecule has 2 aromatic carbocycles. The molecule has 1 unspecified atom stereocenters. The number of hydrogen-bond acceptors (Lipinski definition) is 3. The van der Waals surface area contributed by atoms with Crippen LogP contribution < -0.4 is 11.1 Å². The summed E-state index contributed by atoms with van der Waals surface area (Å²) in [6.45, 7) is 3.49. The van der Waals surface area contributed by atoms with E-state index in [1.807, 2.05) is 59.5 Å². The number of aryl methyl sites for hydroxylation is 1. The van der Waals surface area contributed by atoms with Crippen LogP contribution in [0.25, 0.3) is 0 Å². The van der Waals surface area contributed by atoms with Crippen LogP contribution in [0.5, 0.6) is 0 Å². The molecule has 0 spiro atoms. The lowest BCUT2D eigenvalue weighted by Gasteiger charge is -2.24. The highest BCUT2D eigenvalue weighted by atomic mass is 35.5. The first-order chi connectivity index (χ1) is 13.0. The van der Waals surface area contributed by atoms with Gasteiger partial charge in [0.1, 0.15) is 5.54 Å². The van der Waals surface area contributed by atoms with Gasteiger partial charge in [0.25, 0.3) is 0 Å². The molecular formula is C22H28ClN3O2. The summed E-state index contributed by atoms with van der Waals surface area (Å²) in [5.41, 5.74) is 7.68. The Hall–Kier alpha value is -2.37. The number of hydrogen-bond donors (Lipinski definition) is 2. The lowest BCUT2D eigenvalue weighted by molar-refractivity contribution is -0.130. The second-order valence-corrected chi connectivity index (χ2v) is 7.31. The normalized spacial score (nSPS) is 15.4. The molecule has 1 fully saturated rings. The summed E-state index contributed by atoms with van der Waals surface area (Å²) < 4.78 is 0. The fourth-order valence-electron chi connectivity index (χ4n) is 3.31. The minimum absolute atomic E-state index is 0. The fraction of sp³-hybridized carbons (Fsp3) is 0.364. The van der Waals surface area contributed by atoms with E-state index in [1.54, 1.807) is 6.92 Å². The summed E-state index contributed by atoms with van der Waals surface area (Å²) in [6, 6.07) is 16.9. The average molecular weight is 402 g/mol. The molecule has 0 aromatic heterocycles. The highest BCUT2D eigenvalue weighted by Gasteiger charge is 2.30. The Kier molecular flexibility index (Phi) is 7.61. The van der Waals surface area contributed by atoms with Gasteiger partial charge in [-0.25, -0.2) is 0 Å². The molecule has 28 heavy (non-hydrogen) atoms. The van der Waals surface area contributed by atoms with Crippen LogP contribution in [0, 0.1) is 0 Å². The third-order valence-electron chi connectivity index (χ3n) is 5.14. The smallest absolute Gasteiger partial charge is 0.248 e. The molecule has 1 aliphatic heterocycles. The van der Waals surface area contributed by atoms with E-state index in [0.29, 0.717) is 18.5 Å². The van der Waals surface area contributed by atoms with Gasteiger partial charge in [-0.05, 0) is 49.4 Å². The molecule has 3 N–H and O–H groups in total. The van der Waals surface area contributed by atoms with Gasteiger partial charge in [-0.15, -0.1) is 12.4 Å². The zero-order valence-corrected chi connectivity index (χ0v) is 17.0. The maximum absolute atomic E-state index is 12.6. The van der Waals surface area contributed by atoms with Crippen LogP contribution in [-0.4, -0.2) is 29.8 Å². The van der Waals surface area contributed by atoms with Crippen molar-refractivity contribution >= 4 is 29.9 Å². The first kappa shape index (κ1) is 21.9. The number of nitrogens with one attached hydrogen (secondary N) is 1. The second-order valence-electron chi connectivity index (χ2n) is 7.31. The first-order valence-electron chi connectivity index (χ1n) is 9.49. The molecule has 5 nitrogen and oxygen atoms in total. The van der Waals surface area contributed by atoms with Crippen molar-refractivity contribution in [1.29, 1.82) is 0 Å². The van der Waals surface area contributed by atoms with Crippen LogP contribution in [-0.2, 0) is 21.5 Å². The van der Waals surface area contributed by atoms with Crippen LogP contribution in [0.4, 0.5) is 5.69 Å². The summed E-state index contributed by atoms with van der Waals surface area (Å²) in [5, 5.41) is 2.88. The van der Waals surface area contributed by atoms with Crippen molar-refractivity contribution in [3.63, 3.8) is 0 Å². The van der Waals surface area contributed by atoms with Gasteiger partial charge in [-0.3, -0.25) is 9.59 Å². The molecule has 1 atom stereocenters. The van der Waals surface area contributed by atoms with Gasteiger partial charge in [0.05, 0.1) is 0 Å². The zero-order valence-electron chi connectivity index (χ0n) is 16.2. The van der Waals surface area contributed by atoms with Crippen LogP contribution in [0.3, 0.4) is 0 Å². The van der Waals surface area contributed by atoms with E-state index in [4.69, 9.17) is 5.73 Å². The molecule has 0 bridgehead atoms. The highest BCUT2D eigenvalue weighted by Crippen LogP contribution is 2.20. The summed E-state index contributed by atoms with van der Waals surface area (Å²) >= 11 is 0. The van der Waals surface area contributed by atoms with E-state index in [2.05, 4.69) is 5.32 Å². The van der Waals surface area contributed by atoms with Crippen LogP contribution in [0.1, 0.15) is 37.3 Å². The number of carbonyl (C=O) groups is 2. The van der Waals surface area contributed by atoms with Crippen LogP contribution in [0.2, 0.25) is 0 Å². The first-order valence-corrected chi connectivity index (χ1v) is 9.49. The molecule has 3 rings (SSSR count). The van der Waals surface area contributed by atoms with E-state index in [1.165, 1.54) is 0 Å². The number of benzene rings is 2. The minimum atomic E-state index is -1.11. The summed E-state index contributed by atoms with van der Waals surface area (Å²) in [4.78, 5) is 26.7. The topological polar surface area (TPSA) is 75.4 Å². The Morgan fingerprint density at radius 2 is 1.64 bits per heavy atom. The van der Waals surface area contributed by atoms with E-state index >= 15 is 0 Å². The van der Waals surface area contributed by atoms with Crippen molar-refractivity contribution < 1.29 is 9.59 Å². The van der Waals surface area contributed by atoms with Gasteiger partial charge >= 0.3 is 0 Å². The third-order valence-corrected chi connectivity index (χ3v) is 5.14. The van der Waals surface area contributed by atoms with Gasteiger partial charge in [0.15, 0.2) is 0 Å². The molecule has 6 heteroatoms. The molecule has 2 aromatic rings. The van der Waals surface area contributed by atoms with E-state index in [9.17, 15) is 9.59 Å². The summed E-state index contributed by atoms with van der Waals surface area (Å²) in [7, 11) is 0. The average Bonchev–Trinajstić information content (AvgIpc) is 3.23.